The first kappa shape index (κ1) is 9.85. The summed E-state index contributed by atoms with van der Waals surface area (Å²) < 4.78 is 2.14. The van der Waals surface area contributed by atoms with Crippen molar-refractivity contribution in [3.8, 4) is 0 Å². The number of nitrogens with zero attached hydrogens (tertiary/aromatic N) is 2. The summed E-state index contributed by atoms with van der Waals surface area (Å²) >= 11 is 0. The third kappa shape index (κ3) is 1.71. The van der Waals surface area contributed by atoms with Gasteiger partial charge in [-0.25, -0.2) is 4.98 Å². The van der Waals surface area contributed by atoms with Crippen molar-refractivity contribution in [1.82, 2.24) is 9.38 Å². The van der Waals surface area contributed by atoms with E-state index in [4.69, 9.17) is 5.73 Å². The number of imidazole rings is 1. The Kier molecular flexibility index (Phi) is 2.04. The molecule has 1 saturated carbocycles. The molecule has 2 aromatic rings. The first-order valence-electron chi connectivity index (χ1n) is 5.89. The van der Waals surface area contributed by atoms with Crippen LogP contribution in [0.1, 0.15) is 30.7 Å². The van der Waals surface area contributed by atoms with Crippen molar-refractivity contribution in [2.24, 2.45) is 5.73 Å². The van der Waals surface area contributed by atoms with E-state index in [1.165, 1.54) is 18.5 Å². The second-order valence-electron chi connectivity index (χ2n) is 4.99. The Morgan fingerprint density at radius 2 is 2.25 bits per heavy atom. The Morgan fingerprint density at radius 3 is 2.94 bits per heavy atom. The molecule has 0 amide bonds. The Morgan fingerprint density at radius 1 is 1.44 bits per heavy atom. The van der Waals surface area contributed by atoms with E-state index < -0.39 is 0 Å². The van der Waals surface area contributed by atoms with Crippen LogP contribution in [-0.2, 0) is 6.42 Å². The number of aromatic nitrogens is 2. The Labute approximate surface area is 95.3 Å². The van der Waals surface area contributed by atoms with Crippen LogP contribution in [-0.4, -0.2) is 14.9 Å². The maximum atomic E-state index is 6.08. The van der Waals surface area contributed by atoms with Crippen LogP contribution >= 0.6 is 0 Å². The summed E-state index contributed by atoms with van der Waals surface area (Å²) in [6, 6.07) is 6.20. The van der Waals surface area contributed by atoms with Gasteiger partial charge < -0.3 is 10.1 Å². The minimum absolute atomic E-state index is 0.130. The molecule has 1 aliphatic rings. The molecule has 1 fully saturated rings. The molecule has 0 unspecified atom stereocenters. The zero-order valence-electron chi connectivity index (χ0n) is 9.61. The molecule has 3 rings (SSSR count). The lowest BCUT2D eigenvalue weighted by Crippen LogP contribution is -2.22. The van der Waals surface area contributed by atoms with Gasteiger partial charge in [0, 0.05) is 17.4 Å². The number of hydrogen-bond acceptors (Lipinski definition) is 2. The molecule has 2 aromatic heterocycles. The predicted octanol–water partition coefficient (Wildman–Crippen LogP) is 2.07. The van der Waals surface area contributed by atoms with E-state index in [1.54, 1.807) is 0 Å². The van der Waals surface area contributed by atoms with Crippen molar-refractivity contribution in [1.29, 1.82) is 0 Å². The van der Waals surface area contributed by atoms with Crippen molar-refractivity contribution in [2.75, 3.05) is 0 Å². The SMILES string of the molecule is Cc1cccc2nc(CCC3(N)CC3)cn12. The highest BCUT2D eigenvalue weighted by atomic mass is 15.0. The Hall–Kier alpha value is -1.35. The van der Waals surface area contributed by atoms with Gasteiger partial charge >= 0.3 is 0 Å². The van der Waals surface area contributed by atoms with Gasteiger partial charge in [0.15, 0.2) is 0 Å². The van der Waals surface area contributed by atoms with E-state index in [1.807, 2.05) is 12.1 Å². The molecular weight excluding hydrogens is 198 g/mol. The number of fused-ring (bicyclic) bond motifs is 1. The lowest BCUT2D eigenvalue weighted by atomic mass is 10.1. The highest BCUT2D eigenvalue weighted by Gasteiger charge is 2.37. The summed E-state index contributed by atoms with van der Waals surface area (Å²) in [6.45, 7) is 2.10. The minimum atomic E-state index is 0.130. The van der Waals surface area contributed by atoms with Gasteiger partial charge in [0.2, 0.25) is 0 Å². The summed E-state index contributed by atoms with van der Waals surface area (Å²) in [7, 11) is 0. The molecule has 3 nitrogen and oxygen atoms in total. The van der Waals surface area contributed by atoms with E-state index in [9.17, 15) is 0 Å². The maximum Gasteiger partial charge on any atom is 0.137 e. The van der Waals surface area contributed by atoms with Gasteiger partial charge in [-0.15, -0.1) is 0 Å². The molecule has 0 bridgehead atoms. The lowest BCUT2D eigenvalue weighted by Gasteiger charge is -2.04. The average Bonchev–Trinajstić information content (AvgIpc) is 2.84. The second-order valence-corrected chi connectivity index (χ2v) is 4.99. The number of aryl methyl sites for hydroxylation is 2. The molecule has 0 aliphatic heterocycles. The molecule has 1 aliphatic carbocycles. The fourth-order valence-corrected chi connectivity index (χ4v) is 2.11. The van der Waals surface area contributed by atoms with Crippen LogP contribution in [0.2, 0.25) is 0 Å². The second kappa shape index (κ2) is 3.32. The fourth-order valence-electron chi connectivity index (χ4n) is 2.11. The van der Waals surface area contributed by atoms with Gasteiger partial charge in [-0.05, 0) is 44.7 Å². The van der Waals surface area contributed by atoms with Crippen LogP contribution in [0.4, 0.5) is 0 Å². The van der Waals surface area contributed by atoms with E-state index in [0.29, 0.717) is 0 Å². The zero-order valence-corrected chi connectivity index (χ0v) is 9.61. The van der Waals surface area contributed by atoms with Gasteiger partial charge in [0.05, 0.1) is 5.69 Å². The van der Waals surface area contributed by atoms with Crippen molar-refractivity contribution < 1.29 is 0 Å². The summed E-state index contributed by atoms with van der Waals surface area (Å²) in [6.07, 6.45) is 6.56. The first-order valence-corrected chi connectivity index (χ1v) is 5.89. The van der Waals surface area contributed by atoms with Crippen LogP contribution in [0.5, 0.6) is 0 Å². The summed E-state index contributed by atoms with van der Waals surface area (Å²) in [4.78, 5) is 4.61. The van der Waals surface area contributed by atoms with Crippen molar-refractivity contribution in [3.05, 3.63) is 35.8 Å². The maximum absolute atomic E-state index is 6.08. The van der Waals surface area contributed by atoms with Gasteiger partial charge in [0.25, 0.3) is 0 Å². The smallest absolute Gasteiger partial charge is 0.137 e. The fraction of sp³-hybridized carbons (Fsp3) is 0.462. The molecule has 2 N–H and O–H groups in total. The minimum Gasteiger partial charge on any atom is -0.325 e. The van der Waals surface area contributed by atoms with E-state index in [2.05, 4.69) is 28.6 Å². The zero-order chi connectivity index (χ0) is 11.2. The van der Waals surface area contributed by atoms with Gasteiger partial charge in [0.1, 0.15) is 5.65 Å². The number of pyridine rings is 1. The molecule has 0 spiro atoms. The van der Waals surface area contributed by atoms with Crippen molar-refractivity contribution in [3.63, 3.8) is 0 Å². The van der Waals surface area contributed by atoms with Crippen LogP contribution in [0, 0.1) is 6.92 Å². The van der Waals surface area contributed by atoms with E-state index in [-0.39, 0.29) is 5.54 Å². The molecule has 0 aromatic carbocycles. The highest BCUT2D eigenvalue weighted by molar-refractivity contribution is 5.41. The Bertz CT molecular complexity index is 523. The van der Waals surface area contributed by atoms with Crippen molar-refractivity contribution in [2.45, 2.75) is 38.1 Å². The van der Waals surface area contributed by atoms with Gasteiger partial charge in [-0.3, -0.25) is 0 Å². The molecule has 0 saturated heterocycles. The number of nitrogens with two attached hydrogens (primary N) is 1. The third-order valence-corrected chi connectivity index (χ3v) is 3.52. The summed E-state index contributed by atoms with van der Waals surface area (Å²) in [5.41, 5.74) is 9.64. The Balaban J connectivity index is 1.85. The summed E-state index contributed by atoms with van der Waals surface area (Å²) in [5.74, 6) is 0. The van der Waals surface area contributed by atoms with E-state index >= 15 is 0 Å². The van der Waals surface area contributed by atoms with Crippen LogP contribution in [0.25, 0.3) is 5.65 Å². The lowest BCUT2D eigenvalue weighted by molar-refractivity contribution is 0.604. The molecule has 16 heavy (non-hydrogen) atoms. The quantitative estimate of drug-likeness (QED) is 0.851. The largest absolute Gasteiger partial charge is 0.325 e. The van der Waals surface area contributed by atoms with Crippen LogP contribution in [0.15, 0.2) is 24.4 Å². The standard InChI is InChI=1S/C13H17N3/c1-10-3-2-4-12-15-11(9-16(10)12)5-6-13(14)7-8-13/h2-4,9H,5-8,14H2,1H3. The molecule has 84 valence electrons. The molecule has 2 heterocycles. The molecule has 3 heteroatoms. The van der Waals surface area contributed by atoms with Gasteiger partial charge in [-0.2, -0.15) is 0 Å². The van der Waals surface area contributed by atoms with Crippen molar-refractivity contribution >= 4 is 5.65 Å². The number of hydrogen-bond donors (Lipinski definition) is 1. The highest BCUT2D eigenvalue weighted by Crippen LogP contribution is 2.36. The topological polar surface area (TPSA) is 43.3 Å². The van der Waals surface area contributed by atoms with Gasteiger partial charge in [-0.1, -0.05) is 6.07 Å². The predicted molar refractivity (Wildman–Crippen MR) is 64.4 cm³/mol. The average molecular weight is 215 g/mol. The summed E-state index contributed by atoms with van der Waals surface area (Å²) in [5, 5.41) is 0. The molecule has 0 radical (unpaired) electrons. The first-order chi connectivity index (χ1) is 7.66. The number of rotatable bonds is 3. The normalized spacial score (nSPS) is 17.9. The van der Waals surface area contributed by atoms with E-state index in [0.717, 1.165) is 24.2 Å². The third-order valence-electron chi connectivity index (χ3n) is 3.52. The molecular formula is C13H17N3. The van der Waals surface area contributed by atoms with Crippen LogP contribution in [0.3, 0.4) is 0 Å². The molecule has 0 atom stereocenters. The van der Waals surface area contributed by atoms with Crippen LogP contribution < -0.4 is 5.73 Å². The monoisotopic (exact) mass is 215 g/mol.